The van der Waals surface area contributed by atoms with Crippen molar-refractivity contribution in [3.05, 3.63) is 40.8 Å². The van der Waals surface area contributed by atoms with Gasteiger partial charge >= 0.3 is 0 Å². The van der Waals surface area contributed by atoms with Crippen molar-refractivity contribution in [1.82, 2.24) is 15.3 Å². The highest BCUT2D eigenvalue weighted by molar-refractivity contribution is 9.10. The van der Waals surface area contributed by atoms with E-state index in [9.17, 15) is 0 Å². The Hall–Kier alpha value is -1.13. The van der Waals surface area contributed by atoms with Crippen LogP contribution >= 0.6 is 15.9 Å². The third-order valence-corrected chi connectivity index (χ3v) is 3.54. The van der Waals surface area contributed by atoms with Gasteiger partial charge < -0.3 is 10.3 Å². The standard InChI is InChI=1S/C14H18BrN3/c1-3-10(2)16-9-14-17-8-13(18-14)11-4-6-12(15)7-5-11/h4-8,10,16H,3,9H2,1-2H3,(H,17,18). The Labute approximate surface area is 116 Å². The van der Waals surface area contributed by atoms with Crippen molar-refractivity contribution >= 4 is 15.9 Å². The number of nitrogens with zero attached hydrogens (tertiary/aromatic N) is 1. The molecule has 4 heteroatoms. The zero-order valence-electron chi connectivity index (χ0n) is 10.7. The number of nitrogens with one attached hydrogen (secondary N) is 2. The largest absolute Gasteiger partial charge is 0.341 e. The summed E-state index contributed by atoms with van der Waals surface area (Å²) in [4.78, 5) is 7.73. The highest BCUT2D eigenvalue weighted by Crippen LogP contribution is 2.19. The topological polar surface area (TPSA) is 40.7 Å². The maximum Gasteiger partial charge on any atom is 0.120 e. The molecule has 0 aliphatic heterocycles. The summed E-state index contributed by atoms with van der Waals surface area (Å²) in [6.07, 6.45) is 3.01. The number of imidazole rings is 1. The van der Waals surface area contributed by atoms with Gasteiger partial charge in [-0.05, 0) is 31.0 Å². The Morgan fingerprint density at radius 1 is 1.33 bits per heavy atom. The van der Waals surface area contributed by atoms with Crippen molar-refractivity contribution in [2.24, 2.45) is 0 Å². The second-order valence-corrected chi connectivity index (χ2v) is 5.36. The number of H-pyrrole nitrogens is 1. The Morgan fingerprint density at radius 3 is 2.72 bits per heavy atom. The van der Waals surface area contributed by atoms with Crippen molar-refractivity contribution in [2.45, 2.75) is 32.9 Å². The molecule has 0 saturated carbocycles. The van der Waals surface area contributed by atoms with Crippen LogP contribution in [0.2, 0.25) is 0 Å². The molecular formula is C14H18BrN3. The molecule has 0 spiro atoms. The van der Waals surface area contributed by atoms with E-state index in [4.69, 9.17) is 0 Å². The first-order valence-corrected chi connectivity index (χ1v) is 7.01. The number of halogens is 1. The lowest BCUT2D eigenvalue weighted by Gasteiger charge is -2.08. The van der Waals surface area contributed by atoms with Crippen molar-refractivity contribution in [1.29, 1.82) is 0 Å². The highest BCUT2D eigenvalue weighted by atomic mass is 79.9. The van der Waals surface area contributed by atoms with E-state index in [2.05, 4.69) is 57.2 Å². The molecule has 1 aromatic heterocycles. The molecule has 1 heterocycles. The van der Waals surface area contributed by atoms with Crippen LogP contribution in [0.3, 0.4) is 0 Å². The quantitative estimate of drug-likeness (QED) is 0.883. The van der Waals surface area contributed by atoms with E-state index < -0.39 is 0 Å². The molecule has 1 unspecified atom stereocenters. The zero-order valence-corrected chi connectivity index (χ0v) is 12.3. The minimum atomic E-state index is 0.520. The van der Waals surface area contributed by atoms with Crippen LogP contribution in [-0.2, 0) is 6.54 Å². The summed E-state index contributed by atoms with van der Waals surface area (Å²) in [6, 6.07) is 8.74. The fourth-order valence-electron chi connectivity index (χ4n) is 1.64. The molecule has 0 saturated heterocycles. The van der Waals surface area contributed by atoms with Crippen LogP contribution in [0.4, 0.5) is 0 Å². The van der Waals surface area contributed by atoms with Crippen LogP contribution in [0.25, 0.3) is 11.3 Å². The van der Waals surface area contributed by atoms with E-state index >= 15 is 0 Å². The number of hydrogen-bond donors (Lipinski definition) is 2. The molecule has 0 fully saturated rings. The summed E-state index contributed by atoms with van der Waals surface area (Å²) in [5.74, 6) is 0.980. The lowest BCUT2D eigenvalue weighted by molar-refractivity contribution is 0.525. The maximum absolute atomic E-state index is 4.39. The molecule has 0 bridgehead atoms. The van der Waals surface area contributed by atoms with E-state index in [0.29, 0.717) is 6.04 Å². The summed E-state index contributed by atoms with van der Waals surface area (Å²) in [5.41, 5.74) is 2.21. The maximum atomic E-state index is 4.39. The molecule has 2 rings (SSSR count). The van der Waals surface area contributed by atoms with Crippen LogP contribution in [0.15, 0.2) is 34.9 Å². The molecule has 1 atom stereocenters. The zero-order chi connectivity index (χ0) is 13.0. The van der Waals surface area contributed by atoms with Crippen molar-refractivity contribution in [3.8, 4) is 11.3 Å². The third kappa shape index (κ3) is 3.43. The predicted molar refractivity (Wildman–Crippen MR) is 78.3 cm³/mol. The van der Waals surface area contributed by atoms with E-state index in [1.165, 1.54) is 0 Å². The van der Waals surface area contributed by atoms with Gasteiger partial charge in [0.15, 0.2) is 0 Å². The first-order valence-electron chi connectivity index (χ1n) is 6.22. The molecule has 2 aromatic rings. The molecule has 0 radical (unpaired) electrons. The molecule has 0 amide bonds. The first-order chi connectivity index (χ1) is 8.69. The van der Waals surface area contributed by atoms with Gasteiger partial charge in [0.05, 0.1) is 18.4 Å². The molecule has 0 aliphatic rings. The molecular weight excluding hydrogens is 290 g/mol. The van der Waals surface area contributed by atoms with Gasteiger partial charge in [0, 0.05) is 10.5 Å². The smallest absolute Gasteiger partial charge is 0.120 e. The summed E-state index contributed by atoms with van der Waals surface area (Å²) in [5, 5.41) is 3.42. The van der Waals surface area contributed by atoms with Crippen LogP contribution in [0, 0.1) is 0 Å². The van der Waals surface area contributed by atoms with E-state index in [1.54, 1.807) is 0 Å². The average molecular weight is 308 g/mol. The van der Waals surface area contributed by atoms with Crippen LogP contribution < -0.4 is 5.32 Å². The summed E-state index contributed by atoms with van der Waals surface area (Å²) in [6.45, 7) is 5.14. The number of aromatic amines is 1. The summed E-state index contributed by atoms with van der Waals surface area (Å²) >= 11 is 3.44. The van der Waals surface area contributed by atoms with Gasteiger partial charge in [-0.2, -0.15) is 0 Å². The van der Waals surface area contributed by atoms with E-state index in [0.717, 1.165) is 34.5 Å². The van der Waals surface area contributed by atoms with E-state index in [-0.39, 0.29) is 0 Å². The second-order valence-electron chi connectivity index (χ2n) is 4.44. The Morgan fingerprint density at radius 2 is 2.06 bits per heavy atom. The predicted octanol–water partition coefficient (Wildman–Crippen LogP) is 3.73. The molecule has 96 valence electrons. The Bertz CT molecular complexity index is 490. The highest BCUT2D eigenvalue weighted by Gasteiger charge is 2.04. The SMILES string of the molecule is CCC(C)NCc1ncc(-c2ccc(Br)cc2)[nH]1. The van der Waals surface area contributed by atoms with Crippen LogP contribution in [-0.4, -0.2) is 16.0 Å². The van der Waals surface area contributed by atoms with Gasteiger partial charge in [-0.3, -0.25) is 0 Å². The van der Waals surface area contributed by atoms with E-state index in [1.807, 2.05) is 18.3 Å². The minimum absolute atomic E-state index is 0.520. The van der Waals surface area contributed by atoms with Crippen molar-refractivity contribution < 1.29 is 0 Å². The molecule has 0 aliphatic carbocycles. The number of hydrogen-bond acceptors (Lipinski definition) is 2. The number of rotatable bonds is 5. The fraction of sp³-hybridized carbons (Fsp3) is 0.357. The minimum Gasteiger partial charge on any atom is -0.341 e. The molecule has 1 aromatic carbocycles. The van der Waals surface area contributed by atoms with Gasteiger partial charge in [-0.15, -0.1) is 0 Å². The monoisotopic (exact) mass is 307 g/mol. The lowest BCUT2D eigenvalue weighted by atomic mass is 10.2. The lowest BCUT2D eigenvalue weighted by Crippen LogP contribution is -2.24. The van der Waals surface area contributed by atoms with Gasteiger partial charge in [-0.1, -0.05) is 35.0 Å². The molecule has 18 heavy (non-hydrogen) atoms. The fourth-order valence-corrected chi connectivity index (χ4v) is 1.91. The van der Waals surface area contributed by atoms with Gasteiger partial charge in [0.1, 0.15) is 5.82 Å². The van der Waals surface area contributed by atoms with Crippen molar-refractivity contribution in [2.75, 3.05) is 0 Å². The summed E-state index contributed by atoms with van der Waals surface area (Å²) in [7, 11) is 0. The van der Waals surface area contributed by atoms with Crippen LogP contribution in [0.1, 0.15) is 26.1 Å². The molecule has 3 nitrogen and oxygen atoms in total. The number of benzene rings is 1. The first kappa shape index (κ1) is 13.3. The normalized spacial score (nSPS) is 12.6. The van der Waals surface area contributed by atoms with Gasteiger partial charge in [0.2, 0.25) is 0 Å². The average Bonchev–Trinajstić information content (AvgIpc) is 2.85. The van der Waals surface area contributed by atoms with Crippen molar-refractivity contribution in [3.63, 3.8) is 0 Å². The van der Waals surface area contributed by atoms with Crippen LogP contribution in [0.5, 0.6) is 0 Å². The van der Waals surface area contributed by atoms with Gasteiger partial charge in [0.25, 0.3) is 0 Å². The Kier molecular flexibility index (Phi) is 4.55. The third-order valence-electron chi connectivity index (χ3n) is 3.01. The van der Waals surface area contributed by atoms with Gasteiger partial charge in [-0.25, -0.2) is 4.98 Å². The summed E-state index contributed by atoms with van der Waals surface area (Å²) < 4.78 is 1.09. The second kappa shape index (κ2) is 6.16. The number of aromatic nitrogens is 2. The Balaban J connectivity index is 2.03. The molecule has 2 N–H and O–H groups in total.